The molecule has 0 amide bonds. The highest BCUT2D eigenvalue weighted by atomic mass is 32.2. The molecule has 4 fully saturated rings. The van der Waals surface area contributed by atoms with E-state index < -0.39 is 0 Å². The van der Waals surface area contributed by atoms with Gasteiger partial charge in [-0.25, -0.2) is 0 Å². The van der Waals surface area contributed by atoms with Gasteiger partial charge in [-0.2, -0.15) is 11.8 Å². The largest absolute Gasteiger partial charge is 0.379 e. The fourth-order valence-electron chi connectivity index (χ4n) is 4.88. The SMILES string of the molecule is CC(C)N1CCCC1.CC(C)N1CCCCC1.CC(C)N1CCOCC1.CC(C)N1CCSCC1. The van der Waals surface area contributed by atoms with Crippen LogP contribution < -0.4 is 0 Å². The van der Waals surface area contributed by atoms with Crippen molar-refractivity contribution in [2.24, 2.45) is 0 Å². The van der Waals surface area contributed by atoms with Crippen molar-refractivity contribution in [3.63, 3.8) is 0 Å². The lowest BCUT2D eigenvalue weighted by Gasteiger charge is -2.29. The first-order chi connectivity index (χ1) is 16.7. The number of ether oxygens (including phenoxy) is 1. The van der Waals surface area contributed by atoms with Gasteiger partial charge in [-0.15, -0.1) is 0 Å². The van der Waals surface area contributed by atoms with Crippen molar-refractivity contribution in [1.29, 1.82) is 0 Å². The first-order valence-electron chi connectivity index (χ1n) is 14.8. The molecule has 4 aliphatic heterocycles. The van der Waals surface area contributed by atoms with Crippen LogP contribution in [0.1, 0.15) is 87.5 Å². The zero-order chi connectivity index (χ0) is 26.1. The number of hydrogen-bond acceptors (Lipinski definition) is 6. The summed E-state index contributed by atoms with van der Waals surface area (Å²) in [5.74, 6) is 2.66. The summed E-state index contributed by atoms with van der Waals surface area (Å²) >= 11 is 2.07. The molecule has 0 atom stereocenters. The molecule has 5 nitrogen and oxygen atoms in total. The van der Waals surface area contributed by atoms with Gasteiger partial charge in [-0.05, 0) is 107 Å². The molecule has 0 aromatic rings. The highest BCUT2D eigenvalue weighted by Gasteiger charge is 2.14. The van der Waals surface area contributed by atoms with Gasteiger partial charge < -0.3 is 14.5 Å². The minimum Gasteiger partial charge on any atom is -0.379 e. The molecule has 210 valence electrons. The highest BCUT2D eigenvalue weighted by Crippen LogP contribution is 2.12. The van der Waals surface area contributed by atoms with E-state index in [0.29, 0.717) is 6.04 Å². The van der Waals surface area contributed by atoms with Gasteiger partial charge in [0.05, 0.1) is 13.2 Å². The average molecular weight is 515 g/mol. The molecule has 0 radical (unpaired) electrons. The zero-order valence-electron chi connectivity index (χ0n) is 24.9. The van der Waals surface area contributed by atoms with Crippen molar-refractivity contribution >= 4 is 11.8 Å². The Morgan fingerprint density at radius 3 is 1.03 bits per heavy atom. The molecule has 0 spiro atoms. The number of piperidine rings is 1. The lowest BCUT2D eigenvalue weighted by Crippen LogP contribution is -2.40. The van der Waals surface area contributed by atoms with E-state index in [1.54, 1.807) is 0 Å². The molecular weight excluding hydrogens is 452 g/mol. The third-order valence-corrected chi connectivity index (χ3v) is 8.49. The highest BCUT2D eigenvalue weighted by molar-refractivity contribution is 7.99. The van der Waals surface area contributed by atoms with E-state index in [2.05, 4.69) is 86.8 Å². The summed E-state index contributed by atoms with van der Waals surface area (Å²) in [6.07, 6.45) is 7.11. The van der Waals surface area contributed by atoms with Gasteiger partial charge >= 0.3 is 0 Å². The predicted molar refractivity (Wildman–Crippen MR) is 158 cm³/mol. The number of rotatable bonds is 4. The molecule has 0 saturated carbocycles. The Kier molecular flexibility index (Phi) is 19.1. The van der Waals surface area contributed by atoms with Gasteiger partial charge in [0.15, 0.2) is 0 Å². The van der Waals surface area contributed by atoms with Crippen molar-refractivity contribution in [2.75, 3.05) is 77.1 Å². The maximum Gasteiger partial charge on any atom is 0.0594 e. The van der Waals surface area contributed by atoms with Gasteiger partial charge in [0.1, 0.15) is 0 Å². The summed E-state index contributed by atoms with van der Waals surface area (Å²) in [5, 5.41) is 0. The second-order valence-electron chi connectivity index (χ2n) is 11.5. The molecule has 35 heavy (non-hydrogen) atoms. The quantitative estimate of drug-likeness (QED) is 0.488. The summed E-state index contributed by atoms with van der Waals surface area (Å²) in [5.41, 5.74) is 0. The summed E-state index contributed by atoms with van der Waals surface area (Å²) in [6, 6.07) is 2.99. The van der Waals surface area contributed by atoms with Gasteiger partial charge in [0.2, 0.25) is 0 Å². The summed E-state index contributed by atoms with van der Waals surface area (Å²) < 4.78 is 5.21. The van der Waals surface area contributed by atoms with Crippen LogP contribution >= 0.6 is 11.8 Å². The van der Waals surface area contributed by atoms with Crippen LogP contribution in [0.25, 0.3) is 0 Å². The predicted octanol–water partition coefficient (Wildman–Crippen LogP) is 5.54. The lowest BCUT2D eigenvalue weighted by molar-refractivity contribution is 0.0238. The van der Waals surface area contributed by atoms with E-state index >= 15 is 0 Å². The third-order valence-electron chi connectivity index (χ3n) is 7.54. The molecule has 0 aliphatic carbocycles. The van der Waals surface area contributed by atoms with Crippen molar-refractivity contribution in [3.8, 4) is 0 Å². The maximum atomic E-state index is 5.21. The van der Waals surface area contributed by atoms with Gasteiger partial charge in [-0.1, -0.05) is 6.42 Å². The molecule has 4 aliphatic rings. The van der Waals surface area contributed by atoms with Crippen molar-refractivity contribution in [1.82, 2.24) is 19.6 Å². The Balaban J connectivity index is 0.000000234. The molecule has 4 rings (SSSR count). The van der Waals surface area contributed by atoms with E-state index in [1.807, 2.05) is 0 Å². The smallest absolute Gasteiger partial charge is 0.0594 e. The Morgan fingerprint density at radius 1 is 0.429 bits per heavy atom. The Bertz CT molecular complexity index is 413. The third kappa shape index (κ3) is 15.9. The number of nitrogens with zero attached hydrogens (tertiary/aromatic N) is 4. The van der Waals surface area contributed by atoms with Gasteiger partial charge in [-0.3, -0.25) is 9.80 Å². The van der Waals surface area contributed by atoms with E-state index in [4.69, 9.17) is 4.74 Å². The Labute approximate surface area is 224 Å². The maximum absolute atomic E-state index is 5.21. The Hall–Kier alpha value is 0.150. The molecule has 6 heteroatoms. The summed E-state index contributed by atoms with van der Waals surface area (Å²) in [4.78, 5) is 10.1. The zero-order valence-corrected chi connectivity index (χ0v) is 25.8. The number of morpholine rings is 1. The van der Waals surface area contributed by atoms with Gasteiger partial charge in [0.25, 0.3) is 0 Å². The molecule has 0 N–H and O–H groups in total. The minimum absolute atomic E-state index is 0.689. The Morgan fingerprint density at radius 2 is 0.743 bits per heavy atom. The molecule has 0 unspecified atom stereocenters. The van der Waals surface area contributed by atoms with Crippen molar-refractivity contribution in [2.45, 2.75) is 112 Å². The van der Waals surface area contributed by atoms with E-state index in [-0.39, 0.29) is 0 Å². The number of thioether (sulfide) groups is 1. The van der Waals surface area contributed by atoms with Crippen LogP contribution in [0.4, 0.5) is 0 Å². The molecule has 0 bridgehead atoms. The molecule has 4 heterocycles. The van der Waals surface area contributed by atoms with Crippen molar-refractivity contribution < 1.29 is 4.74 Å². The van der Waals surface area contributed by atoms with E-state index in [0.717, 1.165) is 44.4 Å². The van der Waals surface area contributed by atoms with Crippen LogP contribution in [0.15, 0.2) is 0 Å². The summed E-state index contributed by atoms with van der Waals surface area (Å²) in [6.45, 7) is 30.1. The first-order valence-corrected chi connectivity index (χ1v) is 16.0. The van der Waals surface area contributed by atoms with Crippen LogP contribution in [0, 0.1) is 0 Å². The van der Waals surface area contributed by atoms with Crippen LogP contribution in [-0.2, 0) is 4.74 Å². The standard InChI is InChI=1S/C8H17N.C7H15NO.C7H15NS.C7H15N/c1-8(2)9-6-4-3-5-7-9;2*1-7(2)8-3-5-9-6-4-8;1-7(2)8-5-3-4-6-8/h8H,3-7H2,1-2H3;2*7H,3-6H2,1-2H3;7H,3-6H2,1-2H3. The van der Waals surface area contributed by atoms with Crippen LogP contribution in [0.3, 0.4) is 0 Å². The molecule has 0 aromatic heterocycles. The van der Waals surface area contributed by atoms with Crippen LogP contribution in [0.2, 0.25) is 0 Å². The lowest BCUT2D eigenvalue weighted by atomic mass is 10.1. The fraction of sp³-hybridized carbons (Fsp3) is 1.00. The molecule has 0 aromatic carbocycles. The first kappa shape index (κ1) is 33.2. The van der Waals surface area contributed by atoms with Crippen LogP contribution in [0.5, 0.6) is 0 Å². The molecule has 4 saturated heterocycles. The normalized spacial score (nSPS) is 23.0. The average Bonchev–Trinajstić information content (AvgIpc) is 3.43. The van der Waals surface area contributed by atoms with Crippen LogP contribution in [-0.4, -0.2) is 121 Å². The van der Waals surface area contributed by atoms with Crippen molar-refractivity contribution in [3.05, 3.63) is 0 Å². The summed E-state index contributed by atoms with van der Waals surface area (Å²) in [7, 11) is 0. The monoisotopic (exact) mass is 514 g/mol. The minimum atomic E-state index is 0.689. The number of likely N-dealkylation sites (tertiary alicyclic amines) is 2. The topological polar surface area (TPSA) is 22.2 Å². The van der Waals surface area contributed by atoms with E-state index in [9.17, 15) is 0 Å². The number of hydrogen-bond donors (Lipinski definition) is 0. The van der Waals surface area contributed by atoms with Gasteiger partial charge in [0, 0.05) is 61.9 Å². The van der Waals surface area contributed by atoms with E-state index in [1.165, 1.54) is 82.9 Å². The second kappa shape index (κ2) is 20.2. The molecular formula is C29H62N4OS. The fourth-order valence-corrected chi connectivity index (χ4v) is 5.81. The second-order valence-corrected chi connectivity index (χ2v) is 12.7.